The predicted molar refractivity (Wildman–Crippen MR) is 93.3 cm³/mol. The second-order valence-corrected chi connectivity index (χ2v) is 6.37. The van der Waals surface area contributed by atoms with E-state index < -0.39 is 0 Å². The average molecular weight is 339 g/mol. The summed E-state index contributed by atoms with van der Waals surface area (Å²) in [5.74, 6) is 0.323. The number of amides is 1. The lowest BCUT2D eigenvalue weighted by molar-refractivity contribution is 0.0637. The van der Waals surface area contributed by atoms with Crippen LogP contribution in [0.5, 0.6) is 0 Å². The molecule has 0 unspecified atom stereocenters. The quantitative estimate of drug-likeness (QED) is 0.732. The summed E-state index contributed by atoms with van der Waals surface area (Å²) in [6.07, 6.45) is 5.71. The molecule has 3 heterocycles. The maximum absolute atomic E-state index is 13.1. The number of carbonyl (C=O) groups excluding carboxylic acids is 1. The molecule has 1 fully saturated rings. The van der Waals surface area contributed by atoms with Crippen LogP contribution in [-0.2, 0) is 11.3 Å². The first-order valence-corrected chi connectivity index (χ1v) is 8.55. The summed E-state index contributed by atoms with van der Waals surface area (Å²) in [6, 6.07) is 9.82. The molecule has 0 N–H and O–H groups in total. The van der Waals surface area contributed by atoms with Gasteiger partial charge in [-0.2, -0.15) is 5.10 Å². The van der Waals surface area contributed by atoms with E-state index in [1.807, 2.05) is 46.1 Å². The smallest absolute Gasteiger partial charge is 0.290 e. The number of para-hydroxylation sites is 1. The number of hydrogen-bond donors (Lipinski definition) is 0. The highest BCUT2D eigenvalue weighted by Crippen LogP contribution is 2.29. The maximum Gasteiger partial charge on any atom is 0.290 e. The standard InChI is InChI=1S/C19H21N3O3/c1-24-13-16-15-7-2-3-8-17(15)25-18(16)19(23)21-10-4-6-14(12-21)22-11-5-9-20-22/h2-3,5,7-9,11,14H,4,6,10,12-13H2,1H3/t14-/m0/s1. The van der Waals surface area contributed by atoms with Crippen molar-refractivity contribution in [2.45, 2.75) is 25.5 Å². The number of benzene rings is 1. The van der Waals surface area contributed by atoms with Gasteiger partial charge in [-0.05, 0) is 25.0 Å². The van der Waals surface area contributed by atoms with Gasteiger partial charge in [-0.1, -0.05) is 18.2 Å². The normalized spacial score (nSPS) is 18.0. The van der Waals surface area contributed by atoms with E-state index in [1.165, 1.54) is 0 Å². The Morgan fingerprint density at radius 1 is 1.36 bits per heavy atom. The number of hydrogen-bond acceptors (Lipinski definition) is 4. The molecule has 0 radical (unpaired) electrons. The molecule has 6 heteroatoms. The summed E-state index contributed by atoms with van der Waals surface area (Å²) in [4.78, 5) is 15.0. The lowest BCUT2D eigenvalue weighted by Crippen LogP contribution is -2.41. The van der Waals surface area contributed by atoms with E-state index in [0.717, 1.165) is 35.9 Å². The van der Waals surface area contributed by atoms with E-state index in [1.54, 1.807) is 13.3 Å². The van der Waals surface area contributed by atoms with Crippen LogP contribution in [0, 0.1) is 0 Å². The highest BCUT2D eigenvalue weighted by molar-refractivity contribution is 5.99. The third-order valence-electron chi connectivity index (χ3n) is 4.76. The van der Waals surface area contributed by atoms with Crippen molar-refractivity contribution in [2.24, 2.45) is 0 Å². The molecule has 0 spiro atoms. The summed E-state index contributed by atoms with van der Waals surface area (Å²) in [7, 11) is 1.63. The Hall–Kier alpha value is -2.60. The molecule has 3 aromatic rings. The number of ether oxygens (including phenoxy) is 1. The lowest BCUT2D eigenvalue weighted by atomic mass is 10.0. The van der Waals surface area contributed by atoms with Gasteiger partial charge >= 0.3 is 0 Å². The first-order valence-electron chi connectivity index (χ1n) is 8.55. The van der Waals surface area contributed by atoms with Crippen molar-refractivity contribution in [3.8, 4) is 0 Å². The zero-order valence-corrected chi connectivity index (χ0v) is 14.2. The molecule has 0 saturated carbocycles. The fourth-order valence-electron chi connectivity index (χ4n) is 3.55. The van der Waals surface area contributed by atoms with Gasteiger partial charge in [0.2, 0.25) is 0 Å². The Bertz CT molecular complexity index is 869. The third kappa shape index (κ3) is 2.93. The van der Waals surface area contributed by atoms with E-state index in [2.05, 4.69) is 5.10 Å². The molecule has 130 valence electrons. The van der Waals surface area contributed by atoms with Crippen molar-refractivity contribution < 1.29 is 13.9 Å². The molecular formula is C19H21N3O3. The van der Waals surface area contributed by atoms with Gasteiger partial charge in [-0.15, -0.1) is 0 Å². The van der Waals surface area contributed by atoms with Crippen LogP contribution in [0.4, 0.5) is 0 Å². The van der Waals surface area contributed by atoms with Crippen LogP contribution >= 0.6 is 0 Å². The molecule has 1 atom stereocenters. The Morgan fingerprint density at radius 3 is 3.04 bits per heavy atom. The first-order chi connectivity index (χ1) is 12.3. The predicted octanol–water partition coefficient (Wildman–Crippen LogP) is 3.25. The number of rotatable bonds is 4. The van der Waals surface area contributed by atoms with Gasteiger partial charge in [0.15, 0.2) is 5.76 Å². The molecule has 1 aromatic carbocycles. The van der Waals surface area contributed by atoms with Crippen LogP contribution < -0.4 is 0 Å². The summed E-state index contributed by atoms with van der Waals surface area (Å²) in [6.45, 7) is 1.73. The molecular weight excluding hydrogens is 318 g/mol. The van der Waals surface area contributed by atoms with Gasteiger partial charge in [0.1, 0.15) is 5.58 Å². The SMILES string of the molecule is COCc1c(C(=O)N2CCC[C@H](n3cccn3)C2)oc2ccccc12. The molecule has 1 amide bonds. The van der Waals surface area contributed by atoms with Crippen molar-refractivity contribution in [1.82, 2.24) is 14.7 Å². The van der Waals surface area contributed by atoms with Crippen molar-refractivity contribution in [1.29, 1.82) is 0 Å². The highest BCUT2D eigenvalue weighted by Gasteiger charge is 2.30. The summed E-state index contributed by atoms with van der Waals surface area (Å²) in [5, 5.41) is 5.26. The lowest BCUT2D eigenvalue weighted by Gasteiger charge is -2.32. The molecule has 1 aliphatic rings. The topological polar surface area (TPSA) is 60.5 Å². The molecule has 1 aliphatic heterocycles. The van der Waals surface area contributed by atoms with Gasteiger partial charge < -0.3 is 14.1 Å². The molecule has 1 saturated heterocycles. The third-order valence-corrected chi connectivity index (χ3v) is 4.76. The minimum atomic E-state index is -0.0693. The van der Waals surface area contributed by atoms with E-state index >= 15 is 0 Å². The number of fused-ring (bicyclic) bond motifs is 1. The number of piperidine rings is 1. The van der Waals surface area contributed by atoms with Crippen molar-refractivity contribution in [3.05, 3.63) is 54.0 Å². The van der Waals surface area contributed by atoms with Gasteiger partial charge in [-0.25, -0.2) is 0 Å². The van der Waals surface area contributed by atoms with E-state index in [9.17, 15) is 4.79 Å². The Morgan fingerprint density at radius 2 is 2.24 bits per heavy atom. The highest BCUT2D eigenvalue weighted by atomic mass is 16.5. The fraction of sp³-hybridized carbons (Fsp3) is 0.368. The van der Waals surface area contributed by atoms with Crippen LogP contribution in [0.1, 0.15) is 35.0 Å². The molecule has 0 aliphatic carbocycles. The zero-order chi connectivity index (χ0) is 17.2. The largest absolute Gasteiger partial charge is 0.451 e. The molecule has 6 nitrogen and oxygen atoms in total. The summed E-state index contributed by atoms with van der Waals surface area (Å²) >= 11 is 0. The van der Waals surface area contributed by atoms with Crippen molar-refractivity contribution in [2.75, 3.05) is 20.2 Å². The number of likely N-dealkylation sites (tertiary alicyclic amines) is 1. The monoisotopic (exact) mass is 339 g/mol. The van der Waals surface area contributed by atoms with Gasteiger partial charge in [0, 0.05) is 43.5 Å². The van der Waals surface area contributed by atoms with Crippen molar-refractivity contribution in [3.63, 3.8) is 0 Å². The summed E-state index contributed by atoms with van der Waals surface area (Å²) in [5.41, 5.74) is 1.54. The zero-order valence-electron chi connectivity index (χ0n) is 14.2. The minimum Gasteiger partial charge on any atom is -0.451 e. The molecule has 4 rings (SSSR count). The number of methoxy groups -OCH3 is 1. The first kappa shape index (κ1) is 15.9. The number of carbonyl (C=O) groups is 1. The van der Waals surface area contributed by atoms with E-state index in [-0.39, 0.29) is 11.9 Å². The minimum absolute atomic E-state index is 0.0693. The van der Waals surface area contributed by atoms with E-state index in [0.29, 0.717) is 18.9 Å². The van der Waals surface area contributed by atoms with Gasteiger partial charge in [0.05, 0.1) is 12.6 Å². The van der Waals surface area contributed by atoms with Crippen LogP contribution in [0.3, 0.4) is 0 Å². The fourth-order valence-corrected chi connectivity index (χ4v) is 3.55. The van der Waals surface area contributed by atoms with Crippen LogP contribution in [0.2, 0.25) is 0 Å². The Kier molecular flexibility index (Phi) is 4.28. The van der Waals surface area contributed by atoms with Crippen LogP contribution in [0.15, 0.2) is 47.1 Å². The average Bonchev–Trinajstić information content (AvgIpc) is 3.30. The van der Waals surface area contributed by atoms with Crippen LogP contribution in [0.25, 0.3) is 11.0 Å². The summed E-state index contributed by atoms with van der Waals surface area (Å²) < 4.78 is 13.1. The maximum atomic E-state index is 13.1. The number of nitrogens with zero attached hydrogens (tertiary/aromatic N) is 3. The Balaban J connectivity index is 1.64. The Labute approximate surface area is 146 Å². The molecule has 2 aromatic heterocycles. The molecule has 25 heavy (non-hydrogen) atoms. The second kappa shape index (κ2) is 6.72. The van der Waals surface area contributed by atoms with E-state index in [4.69, 9.17) is 9.15 Å². The molecule has 0 bridgehead atoms. The van der Waals surface area contributed by atoms with Crippen molar-refractivity contribution >= 4 is 16.9 Å². The van der Waals surface area contributed by atoms with Gasteiger partial charge in [-0.3, -0.25) is 9.48 Å². The van der Waals surface area contributed by atoms with Crippen LogP contribution in [-0.4, -0.2) is 40.8 Å². The number of aromatic nitrogens is 2. The number of furan rings is 1. The second-order valence-electron chi connectivity index (χ2n) is 6.37. The van der Waals surface area contributed by atoms with Gasteiger partial charge in [0.25, 0.3) is 5.91 Å².